The molecule has 2 aliphatic rings. The number of hydrogen-bond donors (Lipinski definition) is 3. The van der Waals surface area contributed by atoms with Gasteiger partial charge in [-0.1, -0.05) is 6.58 Å². The van der Waals surface area contributed by atoms with E-state index in [4.69, 9.17) is 0 Å². The van der Waals surface area contributed by atoms with Crippen molar-refractivity contribution in [1.82, 2.24) is 19.9 Å². The molecule has 5 rings (SSSR count). The zero-order chi connectivity index (χ0) is 19.8. The molecule has 0 radical (unpaired) electrons. The smallest absolute Gasteiger partial charge is 0.247 e. The van der Waals surface area contributed by atoms with E-state index in [1.165, 1.54) is 6.08 Å². The van der Waals surface area contributed by atoms with E-state index in [0.717, 1.165) is 44.8 Å². The molecule has 6 nitrogen and oxygen atoms in total. The van der Waals surface area contributed by atoms with E-state index in [1.54, 1.807) is 0 Å². The van der Waals surface area contributed by atoms with Crippen LogP contribution in [0.3, 0.4) is 0 Å². The predicted octanol–water partition coefficient (Wildman–Crippen LogP) is 4.78. The van der Waals surface area contributed by atoms with Crippen LogP contribution in [0.15, 0.2) is 55.1 Å². The largest absolute Gasteiger partial charge is 0.355 e. The maximum absolute atomic E-state index is 11.8. The number of carbonyl (C=O) groups excluding carboxylic acids is 1. The summed E-state index contributed by atoms with van der Waals surface area (Å²) in [7, 11) is 0. The van der Waals surface area contributed by atoms with Crippen molar-refractivity contribution in [1.29, 1.82) is 0 Å². The van der Waals surface area contributed by atoms with Crippen LogP contribution >= 0.6 is 0 Å². The molecule has 0 saturated heterocycles. The van der Waals surface area contributed by atoms with Gasteiger partial charge >= 0.3 is 0 Å². The first kappa shape index (κ1) is 16.9. The lowest BCUT2D eigenvalue weighted by molar-refractivity contribution is -0.111. The number of anilines is 1. The van der Waals surface area contributed by atoms with Crippen LogP contribution in [-0.2, 0) is 4.79 Å². The quantitative estimate of drug-likeness (QED) is 0.386. The lowest BCUT2D eigenvalue weighted by Gasteiger charge is -1.97. The zero-order valence-corrected chi connectivity index (χ0v) is 15.4. The van der Waals surface area contributed by atoms with Gasteiger partial charge in [-0.25, -0.2) is 9.97 Å². The Kier molecular flexibility index (Phi) is 3.95. The number of aromatic amines is 2. The van der Waals surface area contributed by atoms with Gasteiger partial charge in [0.05, 0.1) is 34.0 Å². The van der Waals surface area contributed by atoms with E-state index in [2.05, 4.69) is 31.8 Å². The number of rotatable bonds is 2. The molecular formula is C23H17N5O. The summed E-state index contributed by atoms with van der Waals surface area (Å²) in [5, 5.41) is 2.84. The van der Waals surface area contributed by atoms with Crippen LogP contribution in [0.2, 0.25) is 0 Å². The fourth-order valence-electron chi connectivity index (χ4n) is 3.31. The monoisotopic (exact) mass is 379 g/mol. The van der Waals surface area contributed by atoms with Crippen molar-refractivity contribution in [2.45, 2.75) is 0 Å². The Balaban J connectivity index is 1.80. The second kappa shape index (κ2) is 6.76. The van der Waals surface area contributed by atoms with Gasteiger partial charge in [0.25, 0.3) is 0 Å². The summed E-state index contributed by atoms with van der Waals surface area (Å²) in [4.78, 5) is 27.8. The second-order valence-corrected chi connectivity index (χ2v) is 6.78. The minimum Gasteiger partial charge on any atom is -0.355 e. The van der Waals surface area contributed by atoms with Gasteiger partial charge in [0.2, 0.25) is 5.91 Å². The molecule has 140 valence electrons. The highest BCUT2D eigenvalue weighted by molar-refractivity contribution is 6.03. The summed E-state index contributed by atoms with van der Waals surface area (Å²) >= 11 is 0. The molecule has 8 bridgehead atoms. The summed E-state index contributed by atoms with van der Waals surface area (Å²) in [6, 6.07) is 13.7. The molecule has 2 aliphatic heterocycles. The number of nitrogens with one attached hydrogen (secondary N) is 3. The van der Waals surface area contributed by atoms with E-state index in [1.807, 2.05) is 66.8 Å². The van der Waals surface area contributed by atoms with Crippen LogP contribution in [0.25, 0.3) is 46.4 Å². The molecule has 0 spiro atoms. The topological polar surface area (TPSA) is 86.5 Å². The van der Waals surface area contributed by atoms with Crippen molar-refractivity contribution < 1.29 is 4.79 Å². The summed E-state index contributed by atoms with van der Waals surface area (Å²) < 4.78 is 0. The first-order valence-electron chi connectivity index (χ1n) is 9.16. The Morgan fingerprint density at radius 2 is 1.34 bits per heavy atom. The fraction of sp³-hybridized carbons (Fsp3) is 0. The third-order valence-corrected chi connectivity index (χ3v) is 4.61. The van der Waals surface area contributed by atoms with Crippen LogP contribution < -0.4 is 5.32 Å². The average Bonchev–Trinajstić information content (AvgIpc) is 3.47. The normalized spacial score (nSPS) is 12.1. The molecule has 6 heteroatoms. The fourth-order valence-corrected chi connectivity index (χ4v) is 3.31. The highest BCUT2D eigenvalue weighted by Crippen LogP contribution is 2.22. The highest BCUT2D eigenvalue weighted by Gasteiger charge is 2.06. The summed E-state index contributed by atoms with van der Waals surface area (Å²) in [5.74, 6) is -0.272. The number of hydrogen-bond acceptors (Lipinski definition) is 3. The molecular weight excluding hydrogens is 362 g/mol. The third kappa shape index (κ3) is 3.51. The van der Waals surface area contributed by atoms with Crippen LogP contribution in [0.4, 0.5) is 5.69 Å². The van der Waals surface area contributed by atoms with E-state index in [9.17, 15) is 4.79 Å². The van der Waals surface area contributed by atoms with Gasteiger partial charge in [0.15, 0.2) is 0 Å². The van der Waals surface area contributed by atoms with Gasteiger partial charge in [0, 0.05) is 16.6 Å². The van der Waals surface area contributed by atoms with E-state index < -0.39 is 0 Å². The summed E-state index contributed by atoms with van der Waals surface area (Å²) in [6.07, 6.45) is 9.06. The van der Waals surface area contributed by atoms with E-state index >= 15 is 0 Å². The molecule has 0 aliphatic carbocycles. The SMILES string of the molecule is C=CC(=O)Nc1cc2cc3nc(cc4ccc(cc5nc(cc1[nH]2)C=C5)[nH]4)C=C3. The molecule has 3 N–H and O–H groups in total. The Morgan fingerprint density at radius 3 is 1.93 bits per heavy atom. The number of carbonyl (C=O) groups is 1. The molecule has 5 heterocycles. The van der Waals surface area contributed by atoms with E-state index in [-0.39, 0.29) is 5.91 Å². The van der Waals surface area contributed by atoms with Crippen molar-refractivity contribution >= 4 is 58.0 Å². The number of nitrogens with zero attached hydrogens (tertiary/aromatic N) is 2. The summed E-state index contributed by atoms with van der Waals surface area (Å²) in [5.41, 5.74) is 7.50. The van der Waals surface area contributed by atoms with Gasteiger partial charge in [-0.3, -0.25) is 4.79 Å². The molecule has 0 atom stereocenters. The lowest BCUT2D eigenvalue weighted by Crippen LogP contribution is -2.06. The maximum Gasteiger partial charge on any atom is 0.247 e. The van der Waals surface area contributed by atoms with Gasteiger partial charge in [-0.05, 0) is 72.8 Å². The van der Waals surface area contributed by atoms with Crippen molar-refractivity contribution in [2.24, 2.45) is 0 Å². The third-order valence-electron chi connectivity index (χ3n) is 4.61. The van der Waals surface area contributed by atoms with Gasteiger partial charge in [-0.2, -0.15) is 0 Å². The zero-order valence-electron chi connectivity index (χ0n) is 15.4. The Morgan fingerprint density at radius 1 is 0.793 bits per heavy atom. The molecule has 0 aromatic carbocycles. The lowest BCUT2D eigenvalue weighted by atomic mass is 10.3. The first-order chi connectivity index (χ1) is 14.1. The molecule has 3 aromatic heterocycles. The molecule has 0 fully saturated rings. The number of fused-ring (bicyclic) bond motifs is 8. The number of aromatic nitrogens is 4. The highest BCUT2D eigenvalue weighted by atomic mass is 16.1. The van der Waals surface area contributed by atoms with Crippen LogP contribution in [-0.4, -0.2) is 25.8 Å². The first-order valence-corrected chi connectivity index (χ1v) is 9.16. The molecule has 1 amide bonds. The van der Waals surface area contributed by atoms with Crippen molar-refractivity contribution in [3.05, 3.63) is 77.9 Å². The van der Waals surface area contributed by atoms with Crippen LogP contribution in [0.5, 0.6) is 0 Å². The molecule has 3 aromatic rings. The van der Waals surface area contributed by atoms with Crippen LogP contribution in [0.1, 0.15) is 22.8 Å². The van der Waals surface area contributed by atoms with Crippen molar-refractivity contribution in [2.75, 3.05) is 5.32 Å². The molecule has 29 heavy (non-hydrogen) atoms. The standard InChI is InChI=1S/C23H17N5O/c1-2-23(29)28-22-13-20-11-18-6-5-16(25-18)9-14-3-4-15(24-14)10-17-7-8-19(26-17)12-21(22)27-20/h2-13,24,27H,1H2,(H,28,29). The van der Waals surface area contributed by atoms with Crippen molar-refractivity contribution in [3.63, 3.8) is 0 Å². The maximum atomic E-state index is 11.8. The van der Waals surface area contributed by atoms with Crippen LogP contribution in [0, 0.1) is 0 Å². The average molecular weight is 379 g/mol. The van der Waals surface area contributed by atoms with E-state index in [0.29, 0.717) is 5.69 Å². The van der Waals surface area contributed by atoms with Gasteiger partial charge in [-0.15, -0.1) is 0 Å². The molecule has 0 unspecified atom stereocenters. The minimum atomic E-state index is -0.272. The number of amides is 1. The minimum absolute atomic E-state index is 0.272. The Labute approximate surface area is 166 Å². The van der Waals surface area contributed by atoms with Gasteiger partial charge in [0.1, 0.15) is 0 Å². The van der Waals surface area contributed by atoms with Crippen molar-refractivity contribution in [3.8, 4) is 0 Å². The predicted molar refractivity (Wildman–Crippen MR) is 118 cm³/mol. The molecule has 0 saturated carbocycles. The summed E-state index contributed by atoms with van der Waals surface area (Å²) in [6.45, 7) is 3.52. The second-order valence-electron chi connectivity index (χ2n) is 6.78. The Hall–Kier alpha value is -4.19. The number of H-pyrrole nitrogens is 2. The Bertz CT molecular complexity index is 1370. The van der Waals surface area contributed by atoms with Gasteiger partial charge < -0.3 is 15.3 Å².